The highest BCUT2D eigenvalue weighted by atomic mass is 32.1. The number of hydrogen-bond acceptors (Lipinski definition) is 7. The average Bonchev–Trinajstić information content (AvgIpc) is 3.45. The van der Waals surface area contributed by atoms with Gasteiger partial charge in [-0.1, -0.05) is 30.3 Å². The monoisotopic (exact) mass is 557 g/mol. The topological polar surface area (TPSA) is 55.3 Å². The zero-order valence-corrected chi connectivity index (χ0v) is 22.6. The molecule has 0 saturated carbocycles. The van der Waals surface area contributed by atoms with Crippen molar-refractivity contribution in [1.29, 1.82) is 0 Å². The molecule has 4 aromatic rings. The standard InChI is InChI=1S/C28H26F3N3O2S2/c1-18-26(38-19(2)32-18)23-14-37-25(33-23)12-24(35)27(17-36-13-20-6-4-3-5-7-20)15-34(16-27)22-10-8-21(9-11-22)28(29,30)31/h3-11,14H,12-13,15-17H2,1-2H3. The molecule has 0 aliphatic carbocycles. The Labute approximate surface area is 226 Å². The lowest BCUT2D eigenvalue weighted by Gasteiger charge is -2.50. The molecule has 1 saturated heterocycles. The van der Waals surface area contributed by atoms with Gasteiger partial charge in [-0.15, -0.1) is 22.7 Å². The molecule has 10 heteroatoms. The van der Waals surface area contributed by atoms with Gasteiger partial charge < -0.3 is 9.64 Å². The Kier molecular flexibility index (Phi) is 7.39. The molecule has 1 aliphatic heterocycles. The van der Waals surface area contributed by atoms with Gasteiger partial charge in [0, 0.05) is 24.2 Å². The molecule has 38 heavy (non-hydrogen) atoms. The molecule has 0 N–H and O–H groups in total. The minimum Gasteiger partial charge on any atom is -0.376 e. The van der Waals surface area contributed by atoms with Crippen LogP contribution in [0.2, 0.25) is 0 Å². The number of carbonyl (C=O) groups excluding carboxylic acids is 1. The Balaban J connectivity index is 1.30. The van der Waals surface area contributed by atoms with Gasteiger partial charge in [0.05, 0.1) is 51.9 Å². The first-order valence-electron chi connectivity index (χ1n) is 12.1. The van der Waals surface area contributed by atoms with E-state index in [4.69, 9.17) is 9.72 Å². The number of ether oxygens (including phenoxy) is 1. The maximum Gasteiger partial charge on any atom is 0.416 e. The highest BCUT2D eigenvalue weighted by Gasteiger charge is 2.49. The lowest BCUT2D eigenvalue weighted by atomic mass is 9.75. The number of Topliss-reactive ketones (excluding diaryl/α,β-unsaturated/α-hetero) is 1. The maximum absolute atomic E-state index is 13.6. The van der Waals surface area contributed by atoms with Crippen molar-refractivity contribution < 1.29 is 22.7 Å². The zero-order chi connectivity index (χ0) is 26.9. The van der Waals surface area contributed by atoms with Gasteiger partial charge in [0.25, 0.3) is 0 Å². The summed E-state index contributed by atoms with van der Waals surface area (Å²) >= 11 is 3.03. The van der Waals surface area contributed by atoms with Crippen molar-refractivity contribution in [2.24, 2.45) is 5.41 Å². The average molecular weight is 558 g/mol. The van der Waals surface area contributed by atoms with Gasteiger partial charge in [-0.2, -0.15) is 13.2 Å². The van der Waals surface area contributed by atoms with Crippen LogP contribution in [0.3, 0.4) is 0 Å². The first-order chi connectivity index (χ1) is 18.1. The Morgan fingerprint density at radius 1 is 1.05 bits per heavy atom. The molecular formula is C28H26F3N3O2S2. The molecule has 0 bridgehead atoms. The maximum atomic E-state index is 13.6. The molecule has 0 amide bonds. The Morgan fingerprint density at radius 2 is 1.76 bits per heavy atom. The molecule has 3 heterocycles. The van der Waals surface area contributed by atoms with Gasteiger partial charge in [-0.3, -0.25) is 4.79 Å². The Morgan fingerprint density at radius 3 is 2.39 bits per heavy atom. The fourth-order valence-corrected chi connectivity index (χ4v) is 6.34. The van der Waals surface area contributed by atoms with Gasteiger partial charge in [-0.25, -0.2) is 9.97 Å². The third kappa shape index (κ3) is 5.67. The normalized spacial score (nSPS) is 14.9. The first kappa shape index (κ1) is 26.5. The molecule has 198 valence electrons. The van der Waals surface area contributed by atoms with E-state index in [1.165, 1.54) is 23.5 Å². The molecule has 0 unspecified atom stereocenters. The molecule has 1 aliphatic rings. The predicted octanol–water partition coefficient (Wildman–Crippen LogP) is 6.74. The number of anilines is 1. The van der Waals surface area contributed by atoms with E-state index in [2.05, 4.69) is 4.98 Å². The summed E-state index contributed by atoms with van der Waals surface area (Å²) < 4.78 is 45.0. The van der Waals surface area contributed by atoms with E-state index < -0.39 is 17.2 Å². The quantitative estimate of drug-likeness (QED) is 0.228. The highest BCUT2D eigenvalue weighted by molar-refractivity contribution is 7.16. The zero-order valence-electron chi connectivity index (χ0n) is 20.9. The molecule has 2 aromatic carbocycles. The second-order valence-electron chi connectivity index (χ2n) is 9.53. The molecule has 2 aromatic heterocycles. The lowest BCUT2D eigenvalue weighted by molar-refractivity contribution is -0.137. The van der Waals surface area contributed by atoms with Crippen LogP contribution in [0.25, 0.3) is 10.6 Å². The summed E-state index contributed by atoms with van der Waals surface area (Å²) in [6.45, 7) is 5.25. The van der Waals surface area contributed by atoms with Crippen LogP contribution in [0.4, 0.5) is 18.9 Å². The third-order valence-corrected chi connectivity index (χ3v) is 8.57. The van der Waals surface area contributed by atoms with Crippen molar-refractivity contribution in [1.82, 2.24) is 9.97 Å². The van der Waals surface area contributed by atoms with Gasteiger partial charge in [0.1, 0.15) is 5.01 Å². The van der Waals surface area contributed by atoms with Crippen LogP contribution in [-0.2, 0) is 28.7 Å². The van der Waals surface area contributed by atoms with Crippen molar-refractivity contribution >= 4 is 34.1 Å². The van der Waals surface area contributed by atoms with Crippen LogP contribution in [0.1, 0.15) is 26.8 Å². The smallest absolute Gasteiger partial charge is 0.376 e. The fourth-order valence-electron chi connectivity index (χ4n) is 4.60. The van der Waals surface area contributed by atoms with E-state index in [1.807, 2.05) is 54.5 Å². The number of rotatable bonds is 9. The van der Waals surface area contributed by atoms with E-state index in [0.29, 0.717) is 25.4 Å². The van der Waals surface area contributed by atoms with Gasteiger partial charge in [0.2, 0.25) is 0 Å². The summed E-state index contributed by atoms with van der Waals surface area (Å²) in [7, 11) is 0. The minimum atomic E-state index is -4.39. The number of aromatic nitrogens is 2. The van der Waals surface area contributed by atoms with Crippen LogP contribution in [-0.4, -0.2) is 35.4 Å². The van der Waals surface area contributed by atoms with E-state index >= 15 is 0 Å². The van der Waals surface area contributed by atoms with E-state index in [-0.39, 0.29) is 18.8 Å². The minimum absolute atomic E-state index is 0.0202. The number of ketones is 1. The molecule has 0 radical (unpaired) electrons. The van der Waals surface area contributed by atoms with E-state index in [0.717, 1.165) is 44.0 Å². The molecular weight excluding hydrogens is 531 g/mol. The van der Waals surface area contributed by atoms with Gasteiger partial charge >= 0.3 is 6.18 Å². The number of halogens is 3. The molecule has 0 atom stereocenters. The third-order valence-electron chi connectivity index (χ3n) is 6.63. The number of benzene rings is 2. The predicted molar refractivity (Wildman–Crippen MR) is 144 cm³/mol. The van der Waals surface area contributed by atoms with Gasteiger partial charge in [0.15, 0.2) is 5.78 Å². The number of carbonyl (C=O) groups is 1. The van der Waals surface area contributed by atoms with Crippen LogP contribution < -0.4 is 4.90 Å². The number of hydrogen-bond donors (Lipinski definition) is 0. The Hall–Kier alpha value is -3.08. The van der Waals surface area contributed by atoms with Crippen LogP contribution in [0.5, 0.6) is 0 Å². The van der Waals surface area contributed by atoms with Crippen molar-refractivity contribution in [3.05, 3.63) is 86.8 Å². The number of nitrogens with zero attached hydrogens (tertiary/aromatic N) is 3. The van der Waals surface area contributed by atoms with Gasteiger partial charge in [-0.05, 0) is 43.7 Å². The summed E-state index contributed by atoms with van der Waals surface area (Å²) in [4.78, 5) is 25.7. The van der Waals surface area contributed by atoms with Crippen LogP contribution in [0.15, 0.2) is 60.0 Å². The summed E-state index contributed by atoms with van der Waals surface area (Å²) in [5.41, 5.74) is 1.95. The second kappa shape index (κ2) is 10.6. The van der Waals surface area contributed by atoms with Crippen molar-refractivity contribution in [2.45, 2.75) is 33.1 Å². The number of aryl methyl sites for hydroxylation is 2. The Bertz CT molecular complexity index is 1410. The molecule has 1 fully saturated rings. The highest BCUT2D eigenvalue weighted by Crippen LogP contribution is 2.39. The van der Waals surface area contributed by atoms with E-state index in [1.54, 1.807) is 11.3 Å². The van der Waals surface area contributed by atoms with Crippen molar-refractivity contribution in [3.8, 4) is 10.6 Å². The SMILES string of the molecule is Cc1nc(C)c(-c2csc(CC(=O)C3(COCc4ccccc4)CN(c4ccc(C(F)(F)F)cc4)C3)n2)s1. The van der Waals surface area contributed by atoms with Crippen LogP contribution >= 0.6 is 22.7 Å². The number of alkyl halides is 3. The first-order valence-corrected chi connectivity index (χ1v) is 13.8. The fraction of sp³-hybridized carbons (Fsp3) is 0.321. The van der Waals surface area contributed by atoms with Crippen LogP contribution in [0, 0.1) is 19.3 Å². The lowest BCUT2D eigenvalue weighted by Crippen LogP contribution is -2.63. The summed E-state index contributed by atoms with van der Waals surface area (Å²) in [5, 5.41) is 3.65. The largest absolute Gasteiger partial charge is 0.416 e. The molecule has 5 nitrogen and oxygen atoms in total. The van der Waals surface area contributed by atoms with Crippen molar-refractivity contribution in [2.75, 3.05) is 24.6 Å². The molecule has 0 spiro atoms. The van der Waals surface area contributed by atoms with Crippen molar-refractivity contribution in [3.63, 3.8) is 0 Å². The van der Waals surface area contributed by atoms with E-state index in [9.17, 15) is 18.0 Å². The number of thiazole rings is 2. The molecule has 5 rings (SSSR count). The summed E-state index contributed by atoms with van der Waals surface area (Å²) in [6, 6.07) is 14.8. The second-order valence-corrected chi connectivity index (χ2v) is 11.7. The summed E-state index contributed by atoms with van der Waals surface area (Å²) in [5.74, 6) is 0.0202. The summed E-state index contributed by atoms with van der Waals surface area (Å²) in [6.07, 6.45) is -4.21.